The number of hydrogen-bond acceptors (Lipinski definition) is 6. The second-order valence-electron chi connectivity index (χ2n) is 5.78. The summed E-state index contributed by atoms with van der Waals surface area (Å²) in [4.78, 5) is 16.4. The lowest BCUT2D eigenvalue weighted by atomic mass is 9.95. The lowest BCUT2D eigenvalue weighted by molar-refractivity contribution is 0.0269. The first-order valence-electron chi connectivity index (χ1n) is 7.14. The molecule has 2 atom stereocenters. The smallest absolute Gasteiger partial charge is 0.293 e. The van der Waals surface area contributed by atoms with Gasteiger partial charge >= 0.3 is 0 Å². The van der Waals surface area contributed by atoms with Crippen LogP contribution in [0.15, 0.2) is 4.52 Å². The van der Waals surface area contributed by atoms with E-state index in [-0.39, 0.29) is 23.3 Å². The fraction of sp³-hybridized carbons (Fsp3) is 0.769. The first-order valence-corrected chi connectivity index (χ1v) is 7.14. The molecule has 3 rings (SSSR count). The molecule has 1 aromatic heterocycles. The maximum atomic E-state index is 12.2. The molecule has 0 saturated carbocycles. The summed E-state index contributed by atoms with van der Waals surface area (Å²) < 4.78 is 10.6. The number of carbonyl (C=O) groups excluding carboxylic acids is 1. The van der Waals surface area contributed by atoms with Crippen LogP contribution >= 0.6 is 0 Å². The Morgan fingerprint density at radius 1 is 1.50 bits per heavy atom. The third kappa shape index (κ3) is 2.83. The number of nitrogens with one attached hydrogen (secondary N) is 2. The van der Waals surface area contributed by atoms with Gasteiger partial charge in [0.2, 0.25) is 5.89 Å². The number of rotatable bonds is 3. The Labute approximate surface area is 117 Å². The van der Waals surface area contributed by atoms with Gasteiger partial charge in [0.05, 0.1) is 18.2 Å². The van der Waals surface area contributed by atoms with Crippen molar-refractivity contribution < 1.29 is 14.1 Å². The zero-order valence-electron chi connectivity index (χ0n) is 11.6. The van der Waals surface area contributed by atoms with Gasteiger partial charge < -0.3 is 19.9 Å². The van der Waals surface area contributed by atoms with Crippen molar-refractivity contribution in [1.82, 2.24) is 20.8 Å². The van der Waals surface area contributed by atoms with Crippen LogP contribution in [0.5, 0.6) is 0 Å². The molecule has 1 aromatic rings. The second kappa shape index (κ2) is 5.49. The zero-order chi connectivity index (χ0) is 14.0. The molecular weight excluding hydrogens is 260 g/mol. The van der Waals surface area contributed by atoms with E-state index in [1.165, 1.54) is 0 Å². The van der Waals surface area contributed by atoms with Crippen molar-refractivity contribution in [3.05, 3.63) is 11.7 Å². The lowest BCUT2D eigenvalue weighted by Gasteiger charge is -2.33. The lowest BCUT2D eigenvalue weighted by Crippen LogP contribution is -2.51. The Bertz CT molecular complexity index is 476. The molecule has 2 aliphatic heterocycles. The van der Waals surface area contributed by atoms with E-state index in [0.717, 1.165) is 38.8 Å². The highest BCUT2D eigenvalue weighted by molar-refractivity contribution is 5.90. The van der Waals surface area contributed by atoms with E-state index in [9.17, 15) is 4.79 Å². The monoisotopic (exact) mass is 280 g/mol. The van der Waals surface area contributed by atoms with Gasteiger partial charge in [0, 0.05) is 6.61 Å². The molecule has 0 bridgehead atoms. The molecule has 0 aromatic carbocycles. The van der Waals surface area contributed by atoms with E-state index < -0.39 is 0 Å². The van der Waals surface area contributed by atoms with Crippen LogP contribution in [0.25, 0.3) is 0 Å². The van der Waals surface area contributed by atoms with E-state index in [1.807, 2.05) is 6.92 Å². The van der Waals surface area contributed by atoms with Gasteiger partial charge in [-0.25, -0.2) is 0 Å². The highest BCUT2D eigenvalue weighted by atomic mass is 16.5. The molecule has 0 spiro atoms. The Balaban J connectivity index is 1.64. The fourth-order valence-electron chi connectivity index (χ4n) is 2.73. The predicted octanol–water partition coefficient (Wildman–Crippen LogP) is 0.793. The van der Waals surface area contributed by atoms with Gasteiger partial charge in [-0.2, -0.15) is 4.98 Å². The summed E-state index contributed by atoms with van der Waals surface area (Å²) in [5.74, 6) is 0.296. The van der Waals surface area contributed by atoms with Crippen LogP contribution in [0, 0.1) is 0 Å². The van der Waals surface area contributed by atoms with Crippen molar-refractivity contribution in [3.63, 3.8) is 0 Å². The minimum atomic E-state index is -0.346. The van der Waals surface area contributed by atoms with Crippen molar-refractivity contribution >= 4 is 5.91 Å². The Morgan fingerprint density at radius 3 is 3.10 bits per heavy atom. The maximum Gasteiger partial charge on any atom is 0.293 e. The number of hydrogen-bond donors (Lipinski definition) is 2. The Morgan fingerprint density at radius 2 is 2.40 bits per heavy atom. The van der Waals surface area contributed by atoms with Crippen molar-refractivity contribution in [2.75, 3.05) is 19.8 Å². The Kier molecular flexibility index (Phi) is 3.71. The van der Waals surface area contributed by atoms with Crippen LogP contribution in [0.2, 0.25) is 0 Å². The highest BCUT2D eigenvalue weighted by Gasteiger charge is 2.32. The number of amides is 1. The minimum Gasteiger partial charge on any atom is -0.379 e. The first kappa shape index (κ1) is 13.5. The summed E-state index contributed by atoms with van der Waals surface area (Å²) in [5.41, 5.74) is -0.346. The van der Waals surface area contributed by atoms with Crippen LogP contribution in [0.3, 0.4) is 0 Å². The third-order valence-corrected chi connectivity index (χ3v) is 3.86. The first-order chi connectivity index (χ1) is 9.66. The molecule has 20 heavy (non-hydrogen) atoms. The molecule has 2 fully saturated rings. The summed E-state index contributed by atoms with van der Waals surface area (Å²) in [5, 5.41) is 9.99. The molecule has 110 valence electrons. The van der Waals surface area contributed by atoms with Crippen LogP contribution in [0.1, 0.15) is 55.2 Å². The maximum absolute atomic E-state index is 12.2. The molecule has 1 amide bonds. The molecule has 2 N–H and O–H groups in total. The van der Waals surface area contributed by atoms with Crippen molar-refractivity contribution in [1.29, 1.82) is 0 Å². The molecule has 2 aliphatic rings. The predicted molar refractivity (Wildman–Crippen MR) is 70.2 cm³/mol. The summed E-state index contributed by atoms with van der Waals surface area (Å²) in [6.07, 6.45) is 3.90. The molecular formula is C13H20N4O3. The highest BCUT2D eigenvalue weighted by Crippen LogP contribution is 2.22. The third-order valence-electron chi connectivity index (χ3n) is 3.86. The van der Waals surface area contributed by atoms with Crippen LogP contribution in [-0.2, 0) is 4.74 Å². The van der Waals surface area contributed by atoms with Gasteiger partial charge in [-0.15, -0.1) is 0 Å². The Hall–Kier alpha value is -1.47. The molecule has 7 nitrogen and oxygen atoms in total. The summed E-state index contributed by atoms with van der Waals surface area (Å²) in [6, 6.07) is 0.0812. The normalized spacial score (nSPS) is 30.4. The fourth-order valence-corrected chi connectivity index (χ4v) is 2.73. The van der Waals surface area contributed by atoms with Crippen molar-refractivity contribution in [3.8, 4) is 0 Å². The van der Waals surface area contributed by atoms with Gasteiger partial charge in [0.1, 0.15) is 0 Å². The van der Waals surface area contributed by atoms with Crippen LogP contribution < -0.4 is 10.6 Å². The number of nitrogens with zero attached hydrogens (tertiary/aromatic N) is 2. The number of carbonyl (C=O) groups is 1. The summed E-state index contributed by atoms with van der Waals surface area (Å²) >= 11 is 0. The van der Waals surface area contributed by atoms with E-state index in [0.29, 0.717) is 12.5 Å². The number of aromatic nitrogens is 2. The average Bonchev–Trinajstić information content (AvgIpc) is 3.10. The summed E-state index contributed by atoms with van der Waals surface area (Å²) in [6.45, 7) is 4.20. The van der Waals surface area contributed by atoms with Gasteiger partial charge in [-0.1, -0.05) is 5.16 Å². The van der Waals surface area contributed by atoms with Crippen LogP contribution in [-0.4, -0.2) is 41.3 Å². The molecule has 0 aliphatic carbocycles. The number of ether oxygens (including phenoxy) is 1. The molecule has 2 saturated heterocycles. The largest absolute Gasteiger partial charge is 0.379 e. The molecule has 7 heteroatoms. The molecule has 3 heterocycles. The van der Waals surface area contributed by atoms with Gasteiger partial charge in [0.25, 0.3) is 11.7 Å². The second-order valence-corrected chi connectivity index (χ2v) is 5.78. The quantitative estimate of drug-likeness (QED) is 0.851. The average molecular weight is 280 g/mol. The molecule has 2 unspecified atom stereocenters. The SMILES string of the molecule is CC1(NC(=O)c2noc(C3CCCN3)n2)CCCOC1. The van der Waals surface area contributed by atoms with E-state index in [4.69, 9.17) is 9.26 Å². The van der Waals surface area contributed by atoms with E-state index >= 15 is 0 Å². The van der Waals surface area contributed by atoms with Gasteiger partial charge in [-0.05, 0) is 39.2 Å². The standard InChI is InChI=1S/C13H20N4O3/c1-13(5-3-7-19-8-13)16-11(18)10-15-12(20-17-10)9-4-2-6-14-9/h9,14H,2-8H2,1H3,(H,16,18). The van der Waals surface area contributed by atoms with Crippen molar-refractivity contribution in [2.24, 2.45) is 0 Å². The topological polar surface area (TPSA) is 89.3 Å². The summed E-state index contributed by atoms with van der Waals surface area (Å²) in [7, 11) is 0. The molecule has 0 radical (unpaired) electrons. The van der Waals surface area contributed by atoms with Gasteiger partial charge in [-0.3, -0.25) is 4.79 Å². The van der Waals surface area contributed by atoms with Crippen LogP contribution in [0.4, 0.5) is 0 Å². The zero-order valence-corrected chi connectivity index (χ0v) is 11.6. The van der Waals surface area contributed by atoms with Gasteiger partial charge in [0.15, 0.2) is 0 Å². The van der Waals surface area contributed by atoms with E-state index in [1.54, 1.807) is 0 Å². The van der Waals surface area contributed by atoms with E-state index in [2.05, 4.69) is 20.8 Å². The minimum absolute atomic E-state index is 0.0812. The van der Waals surface area contributed by atoms with Crippen molar-refractivity contribution in [2.45, 2.75) is 44.2 Å².